The Balaban J connectivity index is 3.24. The van der Waals surface area contributed by atoms with Crippen molar-refractivity contribution in [1.82, 2.24) is 0 Å². The normalized spacial score (nSPS) is 12.5. The van der Waals surface area contributed by atoms with Crippen LogP contribution in [0.4, 0.5) is 10.1 Å². The molecule has 0 aliphatic carbocycles. The molecule has 2 nitrogen and oxygen atoms in total. The first-order valence-corrected chi connectivity index (χ1v) is 8.55. The van der Waals surface area contributed by atoms with Crippen molar-refractivity contribution in [3.05, 3.63) is 29.6 Å². The zero-order chi connectivity index (χ0) is 16.7. The number of rotatable bonds is 8. The molecule has 0 bridgehead atoms. The number of nitrogens with zero attached hydrogens (tertiary/aromatic N) is 1. The molecule has 1 amide bonds. The monoisotopic (exact) mass is 307 g/mol. The molecule has 1 atom stereocenters. The number of carbonyl (C=O) groups is 1. The number of anilines is 1. The minimum Gasteiger partial charge on any atom is -0.309 e. The van der Waals surface area contributed by atoms with Crippen molar-refractivity contribution in [2.24, 2.45) is 5.92 Å². The summed E-state index contributed by atoms with van der Waals surface area (Å²) in [5.41, 5.74) is 1.42. The zero-order valence-electron chi connectivity index (χ0n) is 14.7. The molecule has 1 aromatic rings. The molecule has 0 saturated heterocycles. The van der Waals surface area contributed by atoms with Crippen LogP contribution >= 0.6 is 0 Å². The van der Waals surface area contributed by atoms with Gasteiger partial charge in [-0.1, -0.05) is 40.5 Å². The average molecular weight is 307 g/mol. The second-order valence-electron chi connectivity index (χ2n) is 6.18. The van der Waals surface area contributed by atoms with E-state index in [4.69, 9.17) is 0 Å². The first kappa shape index (κ1) is 18.7. The van der Waals surface area contributed by atoms with E-state index in [1.807, 2.05) is 18.7 Å². The quantitative estimate of drug-likeness (QED) is 0.622. The minimum absolute atomic E-state index is 0.0124. The molecule has 3 heteroatoms. The SMILES string of the molecule is CCCC(CCC)N(C(=O)C(C)CC)c1ccc(F)c(C)c1. The van der Waals surface area contributed by atoms with Crippen molar-refractivity contribution in [2.45, 2.75) is 72.8 Å². The largest absolute Gasteiger partial charge is 0.309 e. The van der Waals surface area contributed by atoms with Gasteiger partial charge in [-0.2, -0.15) is 0 Å². The Bertz CT molecular complexity index is 480. The van der Waals surface area contributed by atoms with Crippen molar-refractivity contribution in [3.8, 4) is 0 Å². The highest BCUT2D eigenvalue weighted by Gasteiger charge is 2.27. The molecule has 0 aromatic heterocycles. The summed E-state index contributed by atoms with van der Waals surface area (Å²) >= 11 is 0. The average Bonchev–Trinajstić information content (AvgIpc) is 2.50. The first-order valence-electron chi connectivity index (χ1n) is 8.55. The topological polar surface area (TPSA) is 20.3 Å². The van der Waals surface area contributed by atoms with Gasteiger partial charge in [0.05, 0.1) is 0 Å². The number of hydrogen-bond donors (Lipinski definition) is 0. The molecule has 0 aliphatic rings. The van der Waals surface area contributed by atoms with Crippen molar-refractivity contribution in [1.29, 1.82) is 0 Å². The molecule has 0 fully saturated rings. The van der Waals surface area contributed by atoms with Gasteiger partial charge in [0, 0.05) is 17.6 Å². The lowest BCUT2D eigenvalue weighted by Gasteiger charge is -2.34. The van der Waals surface area contributed by atoms with Crippen LogP contribution in [0.1, 0.15) is 65.4 Å². The summed E-state index contributed by atoms with van der Waals surface area (Å²) in [7, 11) is 0. The van der Waals surface area contributed by atoms with E-state index in [0.717, 1.165) is 37.8 Å². The zero-order valence-corrected chi connectivity index (χ0v) is 14.7. The summed E-state index contributed by atoms with van der Waals surface area (Å²) in [6.07, 6.45) is 4.85. The Kier molecular flexibility index (Phi) is 7.57. The fourth-order valence-corrected chi connectivity index (χ4v) is 2.78. The van der Waals surface area contributed by atoms with E-state index in [1.54, 1.807) is 19.1 Å². The molecule has 0 radical (unpaired) electrons. The fraction of sp³-hybridized carbons (Fsp3) is 0.632. The lowest BCUT2D eigenvalue weighted by molar-refractivity contribution is -0.122. The maximum atomic E-state index is 13.6. The summed E-state index contributed by atoms with van der Waals surface area (Å²) in [6.45, 7) is 10.0. The van der Waals surface area contributed by atoms with Crippen molar-refractivity contribution < 1.29 is 9.18 Å². The molecule has 0 heterocycles. The Morgan fingerprint density at radius 2 is 1.77 bits per heavy atom. The van der Waals surface area contributed by atoms with Gasteiger partial charge in [-0.05, 0) is 49.9 Å². The molecule has 1 unspecified atom stereocenters. The van der Waals surface area contributed by atoms with E-state index in [2.05, 4.69) is 13.8 Å². The molecular weight excluding hydrogens is 277 g/mol. The van der Waals surface area contributed by atoms with Gasteiger partial charge in [-0.15, -0.1) is 0 Å². The third kappa shape index (κ3) is 4.56. The molecule has 22 heavy (non-hydrogen) atoms. The first-order chi connectivity index (χ1) is 10.5. The van der Waals surface area contributed by atoms with E-state index in [1.165, 1.54) is 6.07 Å². The standard InChI is InChI=1S/C19H30FNO/c1-6-9-16(10-7-2)21(19(22)14(4)8-3)17-11-12-18(20)15(5)13-17/h11-14,16H,6-10H2,1-5H3. The van der Waals surface area contributed by atoms with Gasteiger partial charge in [0.1, 0.15) is 5.82 Å². The van der Waals surface area contributed by atoms with Gasteiger partial charge < -0.3 is 4.90 Å². The summed E-state index contributed by atoms with van der Waals surface area (Å²) in [5, 5.41) is 0. The molecule has 0 spiro atoms. The Morgan fingerprint density at radius 1 is 1.18 bits per heavy atom. The van der Waals surface area contributed by atoms with Crippen molar-refractivity contribution >= 4 is 11.6 Å². The molecule has 1 aromatic carbocycles. The van der Waals surface area contributed by atoms with Crippen LogP contribution in [0.5, 0.6) is 0 Å². The predicted molar refractivity (Wildman–Crippen MR) is 91.7 cm³/mol. The van der Waals surface area contributed by atoms with E-state index in [0.29, 0.717) is 5.56 Å². The lowest BCUT2D eigenvalue weighted by atomic mass is 9.99. The number of halogens is 1. The van der Waals surface area contributed by atoms with Gasteiger partial charge in [0.2, 0.25) is 5.91 Å². The maximum Gasteiger partial charge on any atom is 0.230 e. The highest BCUT2D eigenvalue weighted by molar-refractivity contribution is 5.95. The Hall–Kier alpha value is -1.38. The van der Waals surface area contributed by atoms with Crippen LogP contribution in [0.15, 0.2) is 18.2 Å². The third-order valence-corrected chi connectivity index (χ3v) is 4.30. The van der Waals surface area contributed by atoms with E-state index in [-0.39, 0.29) is 23.7 Å². The van der Waals surface area contributed by atoms with Gasteiger partial charge in [-0.25, -0.2) is 4.39 Å². The van der Waals surface area contributed by atoms with Crippen LogP contribution < -0.4 is 4.90 Å². The van der Waals surface area contributed by atoms with Gasteiger partial charge in [0.15, 0.2) is 0 Å². The molecular formula is C19H30FNO. The smallest absolute Gasteiger partial charge is 0.230 e. The van der Waals surface area contributed by atoms with Crippen LogP contribution in [0.25, 0.3) is 0 Å². The number of carbonyl (C=O) groups excluding carboxylic acids is 1. The van der Waals surface area contributed by atoms with E-state index >= 15 is 0 Å². The molecule has 0 aliphatic heterocycles. The fourth-order valence-electron chi connectivity index (χ4n) is 2.78. The summed E-state index contributed by atoms with van der Waals surface area (Å²) in [5.74, 6) is -0.0794. The van der Waals surface area contributed by atoms with E-state index in [9.17, 15) is 9.18 Å². The van der Waals surface area contributed by atoms with Crippen LogP contribution in [0, 0.1) is 18.7 Å². The molecule has 0 N–H and O–H groups in total. The summed E-state index contributed by atoms with van der Waals surface area (Å²) in [6, 6.07) is 5.20. The van der Waals surface area contributed by atoms with Gasteiger partial charge in [-0.3, -0.25) is 4.79 Å². The van der Waals surface area contributed by atoms with Gasteiger partial charge in [0.25, 0.3) is 0 Å². The highest BCUT2D eigenvalue weighted by Crippen LogP contribution is 2.27. The van der Waals surface area contributed by atoms with Gasteiger partial charge >= 0.3 is 0 Å². The second-order valence-corrected chi connectivity index (χ2v) is 6.18. The van der Waals surface area contributed by atoms with E-state index < -0.39 is 0 Å². The second kappa shape index (κ2) is 8.92. The van der Waals surface area contributed by atoms with Crippen molar-refractivity contribution in [3.63, 3.8) is 0 Å². The molecule has 124 valence electrons. The summed E-state index contributed by atoms with van der Waals surface area (Å²) in [4.78, 5) is 14.8. The highest BCUT2D eigenvalue weighted by atomic mass is 19.1. The lowest BCUT2D eigenvalue weighted by Crippen LogP contribution is -2.43. The Morgan fingerprint density at radius 3 is 2.23 bits per heavy atom. The van der Waals surface area contributed by atoms with Crippen LogP contribution in [0.2, 0.25) is 0 Å². The van der Waals surface area contributed by atoms with Crippen molar-refractivity contribution in [2.75, 3.05) is 4.90 Å². The molecule has 1 rings (SSSR count). The number of amides is 1. The Labute approximate surface area is 134 Å². The van der Waals surface area contributed by atoms with Crippen LogP contribution in [-0.2, 0) is 4.79 Å². The minimum atomic E-state index is -0.220. The number of hydrogen-bond acceptors (Lipinski definition) is 1. The predicted octanol–water partition coefficient (Wildman–Crippen LogP) is 5.48. The van der Waals surface area contributed by atoms with Crippen LogP contribution in [-0.4, -0.2) is 11.9 Å². The maximum absolute atomic E-state index is 13.6. The molecule has 0 saturated carbocycles. The van der Waals surface area contributed by atoms with Crippen LogP contribution in [0.3, 0.4) is 0 Å². The summed E-state index contributed by atoms with van der Waals surface area (Å²) < 4.78 is 13.6. The number of aryl methyl sites for hydroxylation is 1. The number of benzene rings is 1. The third-order valence-electron chi connectivity index (χ3n) is 4.30.